The van der Waals surface area contributed by atoms with Crippen molar-refractivity contribution in [1.29, 1.82) is 0 Å². The quantitative estimate of drug-likeness (QED) is 0.822. The van der Waals surface area contributed by atoms with E-state index in [1.165, 1.54) is 0 Å². The lowest BCUT2D eigenvalue weighted by Crippen LogP contribution is -2.12. The molecule has 0 saturated carbocycles. The third-order valence-corrected chi connectivity index (χ3v) is 2.03. The fourth-order valence-corrected chi connectivity index (χ4v) is 1.32. The molecule has 0 saturated heterocycles. The Kier molecular flexibility index (Phi) is 3.65. The summed E-state index contributed by atoms with van der Waals surface area (Å²) in [6.07, 6.45) is 3.98. The molecule has 12 heavy (non-hydrogen) atoms. The number of rotatable bonds is 3. The smallest absolute Gasteiger partial charge is 0.0449 e. The third kappa shape index (κ3) is 2.55. The Labute approximate surface area is 79.7 Å². The van der Waals surface area contributed by atoms with E-state index >= 15 is 0 Å². The normalized spacial score (nSPS) is 12.9. The van der Waals surface area contributed by atoms with Crippen LogP contribution < -0.4 is 5.73 Å². The van der Waals surface area contributed by atoms with Crippen LogP contribution in [0.5, 0.6) is 0 Å². The number of aromatic nitrogens is 1. The first-order valence-corrected chi connectivity index (χ1v) is 4.50. The molecule has 3 nitrogen and oxygen atoms in total. The molecule has 1 atom stereocenters. The summed E-state index contributed by atoms with van der Waals surface area (Å²) in [5.41, 5.74) is 6.70. The number of pyridine rings is 1. The van der Waals surface area contributed by atoms with Crippen molar-refractivity contribution >= 4 is 15.9 Å². The van der Waals surface area contributed by atoms with Crippen molar-refractivity contribution in [2.24, 2.45) is 5.73 Å². The van der Waals surface area contributed by atoms with Gasteiger partial charge in [-0.1, -0.05) is 0 Å². The van der Waals surface area contributed by atoms with E-state index in [0.717, 1.165) is 10.0 Å². The molecule has 0 radical (unpaired) electrons. The Morgan fingerprint density at radius 3 is 2.92 bits per heavy atom. The molecular formula is C8H11BrN2O. The maximum atomic E-state index is 8.66. The first-order valence-electron chi connectivity index (χ1n) is 3.71. The van der Waals surface area contributed by atoms with Gasteiger partial charge in [0.05, 0.1) is 0 Å². The molecule has 3 N–H and O–H groups in total. The van der Waals surface area contributed by atoms with E-state index in [1.54, 1.807) is 12.4 Å². The second-order valence-electron chi connectivity index (χ2n) is 2.56. The van der Waals surface area contributed by atoms with Gasteiger partial charge in [0.25, 0.3) is 0 Å². The Hall–Kier alpha value is -0.450. The molecule has 1 aromatic rings. The van der Waals surface area contributed by atoms with Gasteiger partial charge in [0, 0.05) is 29.5 Å². The van der Waals surface area contributed by atoms with Crippen molar-refractivity contribution in [3.05, 3.63) is 28.5 Å². The number of hydrogen-bond donors (Lipinski definition) is 2. The van der Waals surface area contributed by atoms with E-state index in [-0.39, 0.29) is 12.6 Å². The molecule has 0 aliphatic rings. The molecule has 1 unspecified atom stereocenters. The lowest BCUT2D eigenvalue weighted by molar-refractivity contribution is 0.276. The highest BCUT2D eigenvalue weighted by atomic mass is 79.9. The number of aliphatic hydroxyl groups is 1. The minimum Gasteiger partial charge on any atom is -0.396 e. The van der Waals surface area contributed by atoms with Crippen molar-refractivity contribution in [3.8, 4) is 0 Å². The van der Waals surface area contributed by atoms with Gasteiger partial charge in [-0.3, -0.25) is 4.98 Å². The molecule has 1 aromatic heterocycles. The summed E-state index contributed by atoms with van der Waals surface area (Å²) in [6, 6.07) is 1.79. The number of halogens is 1. The number of nitrogens with zero attached hydrogens (tertiary/aromatic N) is 1. The third-order valence-electron chi connectivity index (χ3n) is 1.59. The van der Waals surface area contributed by atoms with Crippen LogP contribution >= 0.6 is 15.9 Å². The van der Waals surface area contributed by atoms with E-state index in [1.807, 2.05) is 6.07 Å². The molecule has 0 bridgehead atoms. The van der Waals surface area contributed by atoms with Gasteiger partial charge in [0.2, 0.25) is 0 Å². The summed E-state index contributed by atoms with van der Waals surface area (Å²) in [5, 5.41) is 8.66. The molecule has 0 amide bonds. The lowest BCUT2D eigenvalue weighted by Gasteiger charge is -2.09. The first kappa shape index (κ1) is 9.64. The molecule has 0 aromatic carbocycles. The van der Waals surface area contributed by atoms with Gasteiger partial charge < -0.3 is 10.8 Å². The minimum atomic E-state index is -0.125. The van der Waals surface area contributed by atoms with Gasteiger partial charge in [0.1, 0.15) is 0 Å². The van der Waals surface area contributed by atoms with Crippen LogP contribution in [0.2, 0.25) is 0 Å². The predicted molar refractivity (Wildman–Crippen MR) is 50.6 cm³/mol. The highest BCUT2D eigenvalue weighted by Crippen LogP contribution is 2.16. The second-order valence-corrected chi connectivity index (χ2v) is 3.47. The monoisotopic (exact) mass is 230 g/mol. The topological polar surface area (TPSA) is 59.1 Å². The average Bonchev–Trinajstić information content (AvgIpc) is 2.05. The van der Waals surface area contributed by atoms with E-state index < -0.39 is 0 Å². The van der Waals surface area contributed by atoms with Gasteiger partial charge in [-0.05, 0) is 34.0 Å². The summed E-state index contributed by atoms with van der Waals surface area (Å²) in [6.45, 7) is 0.105. The number of nitrogens with two attached hydrogens (primary N) is 1. The highest BCUT2D eigenvalue weighted by Gasteiger charge is 2.04. The Morgan fingerprint density at radius 1 is 1.58 bits per heavy atom. The van der Waals surface area contributed by atoms with Crippen LogP contribution in [-0.4, -0.2) is 16.7 Å². The fourth-order valence-electron chi connectivity index (χ4n) is 0.937. The van der Waals surface area contributed by atoms with Crippen LogP contribution in [0, 0.1) is 0 Å². The Bertz CT molecular complexity index is 255. The summed E-state index contributed by atoms with van der Waals surface area (Å²) >= 11 is 3.30. The van der Waals surface area contributed by atoms with Crippen molar-refractivity contribution in [2.45, 2.75) is 12.5 Å². The molecule has 0 aliphatic heterocycles. The van der Waals surface area contributed by atoms with E-state index in [0.29, 0.717) is 6.42 Å². The maximum absolute atomic E-state index is 8.66. The zero-order valence-corrected chi connectivity index (χ0v) is 8.16. The van der Waals surface area contributed by atoms with Crippen molar-refractivity contribution < 1.29 is 5.11 Å². The van der Waals surface area contributed by atoms with Crippen LogP contribution in [0.3, 0.4) is 0 Å². The summed E-state index contributed by atoms with van der Waals surface area (Å²) in [5.74, 6) is 0. The molecular weight excluding hydrogens is 220 g/mol. The van der Waals surface area contributed by atoms with E-state index in [9.17, 15) is 0 Å². The minimum absolute atomic E-state index is 0.105. The average molecular weight is 231 g/mol. The zero-order valence-electron chi connectivity index (χ0n) is 6.57. The van der Waals surface area contributed by atoms with Gasteiger partial charge >= 0.3 is 0 Å². The number of hydrogen-bond acceptors (Lipinski definition) is 3. The Morgan fingerprint density at radius 2 is 2.33 bits per heavy atom. The van der Waals surface area contributed by atoms with Crippen molar-refractivity contribution in [1.82, 2.24) is 4.98 Å². The summed E-state index contributed by atoms with van der Waals surface area (Å²) in [4.78, 5) is 3.98. The van der Waals surface area contributed by atoms with Crippen LogP contribution in [0.4, 0.5) is 0 Å². The lowest BCUT2D eigenvalue weighted by atomic mass is 10.1. The summed E-state index contributed by atoms with van der Waals surface area (Å²) < 4.78 is 0.911. The van der Waals surface area contributed by atoms with Crippen molar-refractivity contribution in [2.75, 3.05) is 6.61 Å². The molecule has 1 heterocycles. The molecule has 0 spiro atoms. The number of aliphatic hydroxyl groups excluding tert-OH is 1. The van der Waals surface area contributed by atoms with Gasteiger partial charge in [-0.15, -0.1) is 0 Å². The molecule has 0 aliphatic carbocycles. The summed E-state index contributed by atoms with van der Waals surface area (Å²) in [7, 11) is 0. The van der Waals surface area contributed by atoms with Crippen molar-refractivity contribution in [3.63, 3.8) is 0 Å². The maximum Gasteiger partial charge on any atom is 0.0449 e. The fraction of sp³-hybridized carbons (Fsp3) is 0.375. The molecule has 0 fully saturated rings. The molecule has 1 rings (SSSR count). The van der Waals surface area contributed by atoms with Crippen LogP contribution in [0.25, 0.3) is 0 Å². The SMILES string of the molecule is NC(CCO)c1cncc(Br)c1. The molecule has 4 heteroatoms. The Balaban J connectivity index is 2.73. The van der Waals surface area contributed by atoms with Gasteiger partial charge in [-0.2, -0.15) is 0 Å². The predicted octanol–water partition coefficient (Wildman–Crippen LogP) is 1.23. The van der Waals surface area contributed by atoms with Crippen LogP contribution in [-0.2, 0) is 0 Å². The zero-order chi connectivity index (χ0) is 8.97. The van der Waals surface area contributed by atoms with E-state index in [4.69, 9.17) is 10.8 Å². The van der Waals surface area contributed by atoms with E-state index in [2.05, 4.69) is 20.9 Å². The first-order chi connectivity index (χ1) is 5.74. The van der Waals surface area contributed by atoms with Gasteiger partial charge in [-0.25, -0.2) is 0 Å². The largest absolute Gasteiger partial charge is 0.396 e. The second kappa shape index (κ2) is 4.54. The molecule has 66 valence electrons. The standard InChI is InChI=1S/C8H11BrN2O/c9-7-3-6(4-11-5-7)8(10)1-2-12/h3-5,8,12H,1-2,10H2. The van der Waals surface area contributed by atoms with Gasteiger partial charge in [0.15, 0.2) is 0 Å². The van der Waals surface area contributed by atoms with Crippen LogP contribution in [0.1, 0.15) is 18.0 Å². The highest BCUT2D eigenvalue weighted by molar-refractivity contribution is 9.10. The van der Waals surface area contributed by atoms with Crippen LogP contribution in [0.15, 0.2) is 22.9 Å².